The van der Waals surface area contributed by atoms with Crippen molar-refractivity contribution in [3.63, 3.8) is 0 Å². The van der Waals surface area contributed by atoms with E-state index in [2.05, 4.69) is 4.98 Å². The van der Waals surface area contributed by atoms with E-state index in [0.29, 0.717) is 12.6 Å². The number of rotatable bonds is 2. The molecule has 1 aliphatic rings. The molecule has 12 heavy (non-hydrogen) atoms. The summed E-state index contributed by atoms with van der Waals surface area (Å²) in [6.07, 6.45) is 3.68. The molecule has 0 aliphatic heterocycles. The molecule has 0 spiro atoms. The molecule has 0 atom stereocenters. The van der Waals surface area contributed by atoms with Crippen molar-refractivity contribution in [2.75, 3.05) is 0 Å². The fraction of sp³-hybridized carbons (Fsp3) is 0.500. The van der Waals surface area contributed by atoms with Gasteiger partial charge in [-0.3, -0.25) is 4.57 Å². The maximum absolute atomic E-state index is 11.3. The van der Waals surface area contributed by atoms with Crippen LogP contribution in [0.5, 0.6) is 0 Å². The highest BCUT2D eigenvalue weighted by Gasteiger charge is 2.26. The fourth-order valence-corrected chi connectivity index (χ4v) is 1.34. The van der Waals surface area contributed by atoms with E-state index in [1.807, 2.05) is 0 Å². The van der Waals surface area contributed by atoms with Gasteiger partial charge in [-0.15, -0.1) is 0 Å². The average Bonchev–Trinajstić information content (AvgIpc) is 2.87. The summed E-state index contributed by atoms with van der Waals surface area (Å²) >= 11 is 0. The van der Waals surface area contributed by atoms with Gasteiger partial charge in [-0.05, 0) is 18.9 Å². The Morgan fingerprint density at radius 2 is 2.42 bits per heavy atom. The maximum Gasteiger partial charge on any atom is 0.348 e. The van der Waals surface area contributed by atoms with Gasteiger partial charge in [0.2, 0.25) is 0 Å². The molecule has 0 aromatic carbocycles. The number of hydrogen-bond donors (Lipinski definition) is 1. The van der Waals surface area contributed by atoms with E-state index in [0.717, 1.165) is 18.5 Å². The molecule has 1 aliphatic carbocycles. The zero-order valence-electron chi connectivity index (χ0n) is 6.73. The van der Waals surface area contributed by atoms with Gasteiger partial charge < -0.3 is 5.73 Å². The minimum atomic E-state index is -0.166. The lowest BCUT2D eigenvalue weighted by molar-refractivity contribution is 0.636. The Kier molecular flexibility index (Phi) is 1.69. The van der Waals surface area contributed by atoms with Crippen LogP contribution in [0.1, 0.15) is 24.6 Å². The van der Waals surface area contributed by atoms with E-state index >= 15 is 0 Å². The molecule has 0 unspecified atom stereocenters. The quantitative estimate of drug-likeness (QED) is 0.673. The second-order valence-corrected chi connectivity index (χ2v) is 3.02. The molecule has 64 valence electrons. The van der Waals surface area contributed by atoms with E-state index in [1.165, 1.54) is 6.20 Å². The fourth-order valence-electron chi connectivity index (χ4n) is 1.34. The maximum atomic E-state index is 11.3. The second-order valence-electron chi connectivity index (χ2n) is 3.02. The standard InChI is InChI=1S/C8H11N3O/c9-5-7-3-4-10-8(12)11(7)6-1-2-6/h3-4,6H,1-2,5,9H2. The summed E-state index contributed by atoms with van der Waals surface area (Å²) in [5.74, 6) is 0. The first kappa shape index (κ1) is 7.49. The second kappa shape index (κ2) is 2.71. The Morgan fingerprint density at radius 1 is 1.67 bits per heavy atom. The third kappa shape index (κ3) is 1.14. The molecule has 1 saturated carbocycles. The van der Waals surface area contributed by atoms with E-state index in [9.17, 15) is 4.79 Å². The van der Waals surface area contributed by atoms with E-state index < -0.39 is 0 Å². The molecule has 0 radical (unpaired) electrons. The van der Waals surface area contributed by atoms with Crippen molar-refractivity contribution in [1.82, 2.24) is 9.55 Å². The van der Waals surface area contributed by atoms with Crippen LogP contribution in [0, 0.1) is 0 Å². The van der Waals surface area contributed by atoms with E-state index in [4.69, 9.17) is 5.73 Å². The molecule has 2 rings (SSSR count). The first-order valence-electron chi connectivity index (χ1n) is 4.09. The SMILES string of the molecule is NCc1ccnc(=O)n1C1CC1. The van der Waals surface area contributed by atoms with Crippen LogP contribution in [-0.4, -0.2) is 9.55 Å². The third-order valence-electron chi connectivity index (χ3n) is 2.09. The molecule has 1 fully saturated rings. The average molecular weight is 165 g/mol. The van der Waals surface area contributed by atoms with Gasteiger partial charge in [0.05, 0.1) is 0 Å². The molecular formula is C8H11N3O. The minimum absolute atomic E-state index is 0.166. The van der Waals surface area contributed by atoms with Crippen LogP contribution in [0.2, 0.25) is 0 Å². The van der Waals surface area contributed by atoms with Gasteiger partial charge in [-0.1, -0.05) is 0 Å². The van der Waals surface area contributed by atoms with Crippen molar-refractivity contribution in [1.29, 1.82) is 0 Å². The summed E-state index contributed by atoms with van der Waals surface area (Å²) in [4.78, 5) is 15.0. The number of nitrogens with zero attached hydrogens (tertiary/aromatic N) is 2. The Hall–Kier alpha value is -1.16. The molecule has 0 amide bonds. The van der Waals surface area contributed by atoms with Crippen LogP contribution >= 0.6 is 0 Å². The zero-order valence-corrected chi connectivity index (χ0v) is 6.73. The number of aromatic nitrogens is 2. The van der Waals surface area contributed by atoms with Crippen molar-refractivity contribution in [2.45, 2.75) is 25.4 Å². The normalized spacial score (nSPS) is 16.4. The van der Waals surface area contributed by atoms with Crippen LogP contribution in [-0.2, 0) is 6.54 Å². The Bertz CT molecular complexity index is 340. The summed E-state index contributed by atoms with van der Waals surface area (Å²) in [7, 11) is 0. The highest BCUT2D eigenvalue weighted by atomic mass is 16.1. The molecule has 4 heteroatoms. The van der Waals surface area contributed by atoms with Gasteiger partial charge in [-0.2, -0.15) is 0 Å². The lowest BCUT2D eigenvalue weighted by atomic mass is 10.4. The first-order chi connectivity index (χ1) is 5.83. The predicted octanol–water partition coefficient (Wildman–Crippen LogP) is 0.0369. The molecule has 1 heterocycles. The van der Waals surface area contributed by atoms with Gasteiger partial charge in [-0.25, -0.2) is 9.78 Å². The minimum Gasteiger partial charge on any atom is -0.325 e. The van der Waals surface area contributed by atoms with Gasteiger partial charge in [0.1, 0.15) is 0 Å². The van der Waals surface area contributed by atoms with Crippen LogP contribution in [0.15, 0.2) is 17.1 Å². The topological polar surface area (TPSA) is 60.9 Å². The smallest absolute Gasteiger partial charge is 0.325 e. The van der Waals surface area contributed by atoms with Crippen LogP contribution < -0.4 is 11.4 Å². The highest BCUT2D eigenvalue weighted by molar-refractivity contribution is 5.04. The van der Waals surface area contributed by atoms with E-state index in [-0.39, 0.29) is 5.69 Å². The van der Waals surface area contributed by atoms with Gasteiger partial charge >= 0.3 is 5.69 Å². The Balaban J connectivity index is 2.52. The van der Waals surface area contributed by atoms with E-state index in [1.54, 1.807) is 10.6 Å². The molecule has 4 nitrogen and oxygen atoms in total. The van der Waals surface area contributed by atoms with Crippen molar-refractivity contribution >= 4 is 0 Å². The Labute approximate surface area is 70.0 Å². The van der Waals surface area contributed by atoms with Crippen molar-refractivity contribution in [2.24, 2.45) is 5.73 Å². The molecular weight excluding hydrogens is 154 g/mol. The van der Waals surface area contributed by atoms with Gasteiger partial charge in [0.15, 0.2) is 0 Å². The van der Waals surface area contributed by atoms with Crippen molar-refractivity contribution in [3.05, 3.63) is 28.4 Å². The molecule has 2 N–H and O–H groups in total. The Morgan fingerprint density at radius 3 is 3.00 bits per heavy atom. The molecule has 0 saturated heterocycles. The van der Waals surface area contributed by atoms with Gasteiger partial charge in [0.25, 0.3) is 0 Å². The monoisotopic (exact) mass is 165 g/mol. The summed E-state index contributed by atoms with van der Waals surface area (Å²) < 4.78 is 1.71. The summed E-state index contributed by atoms with van der Waals surface area (Å²) in [5.41, 5.74) is 6.22. The molecule has 0 bridgehead atoms. The van der Waals surface area contributed by atoms with Gasteiger partial charge in [0, 0.05) is 24.5 Å². The van der Waals surface area contributed by atoms with Crippen LogP contribution in [0.25, 0.3) is 0 Å². The molecule has 1 aromatic heterocycles. The summed E-state index contributed by atoms with van der Waals surface area (Å²) in [5, 5.41) is 0. The first-order valence-corrected chi connectivity index (χ1v) is 4.09. The summed E-state index contributed by atoms with van der Waals surface area (Å²) in [6.45, 7) is 0.411. The van der Waals surface area contributed by atoms with Crippen LogP contribution in [0.3, 0.4) is 0 Å². The molecule has 1 aromatic rings. The lowest BCUT2D eigenvalue weighted by Gasteiger charge is -2.07. The predicted molar refractivity (Wildman–Crippen MR) is 44.7 cm³/mol. The highest BCUT2D eigenvalue weighted by Crippen LogP contribution is 2.34. The number of nitrogens with two attached hydrogens (primary N) is 1. The largest absolute Gasteiger partial charge is 0.348 e. The summed E-state index contributed by atoms with van der Waals surface area (Å²) in [6, 6.07) is 2.17. The zero-order chi connectivity index (χ0) is 8.55. The number of hydrogen-bond acceptors (Lipinski definition) is 3. The van der Waals surface area contributed by atoms with Crippen molar-refractivity contribution in [3.8, 4) is 0 Å². The third-order valence-corrected chi connectivity index (χ3v) is 2.09. The van der Waals surface area contributed by atoms with Crippen molar-refractivity contribution < 1.29 is 0 Å². The van der Waals surface area contributed by atoms with Crippen LogP contribution in [0.4, 0.5) is 0 Å². The lowest BCUT2D eigenvalue weighted by Crippen LogP contribution is -2.25.